The van der Waals surface area contributed by atoms with E-state index in [1.54, 1.807) is 13.8 Å². The lowest BCUT2D eigenvalue weighted by molar-refractivity contribution is -0.154. The Balaban J connectivity index is 1.36. The van der Waals surface area contributed by atoms with Crippen LogP contribution in [0, 0.1) is 0 Å². The highest BCUT2D eigenvalue weighted by Crippen LogP contribution is 2.42. The van der Waals surface area contributed by atoms with Gasteiger partial charge in [0.2, 0.25) is 6.41 Å². The van der Waals surface area contributed by atoms with Gasteiger partial charge in [0.05, 0.1) is 0 Å². The number of aromatic nitrogens is 1. The van der Waals surface area contributed by atoms with Crippen molar-refractivity contribution in [2.45, 2.75) is 37.5 Å². The number of rotatable bonds is 12. The number of thiazole rings is 1. The average Bonchev–Trinajstić information content (AvgIpc) is 3.50. The Kier molecular flexibility index (Phi) is 9.98. The van der Waals surface area contributed by atoms with Gasteiger partial charge in [0.1, 0.15) is 28.9 Å². The van der Waals surface area contributed by atoms with Crippen molar-refractivity contribution < 1.29 is 28.8 Å². The van der Waals surface area contributed by atoms with Gasteiger partial charge >= 0.3 is 5.97 Å². The first-order chi connectivity index (χ1) is 21.3. The number of nitrogens with one attached hydrogen (secondary N) is 2. The van der Waals surface area contributed by atoms with Gasteiger partial charge in [-0.1, -0.05) is 65.8 Å². The van der Waals surface area contributed by atoms with Gasteiger partial charge in [0, 0.05) is 17.0 Å². The van der Waals surface area contributed by atoms with Crippen molar-refractivity contribution in [2.24, 2.45) is 5.16 Å². The molecule has 2 aliphatic heterocycles. The van der Waals surface area contributed by atoms with Gasteiger partial charge in [-0.05, 0) is 30.5 Å². The molecule has 1 unspecified atom stereocenters. The number of esters is 1. The zero-order valence-electron chi connectivity index (χ0n) is 23.6. The lowest BCUT2D eigenvalue weighted by Crippen LogP contribution is -2.71. The minimum Gasteiger partial charge on any atom is -0.448 e. The van der Waals surface area contributed by atoms with Crippen molar-refractivity contribution in [1.82, 2.24) is 15.2 Å². The number of anilines is 1. The molecule has 2 aromatic carbocycles. The van der Waals surface area contributed by atoms with Gasteiger partial charge in [-0.25, -0.2) is 9.78 Å². The number of fused-ring (bicyclic) bond motifs is 1. The Morgan fingerprint density at radius 1 is 1.14 bits per heavy atom. The van der Waals surface area contributed by atoms with Crippen LogP contribution in [-0.4, -0.2) is 68.9 Å². The minimum atomic E-state index is -0.957. The summed E-state index contributed by atoms with van der Waals surface area (Å²) in [6, 6.07) is 17.7. The Morgan fingerprint density at radius 2 is 1.80 bits per heavy atom. The molecule has 0 spiro atoms. The Hall–Kier alpha value is -4.20. The Labute approximate surface area is 266 Å². The highest BCUT2D eigenvalue weighted by atomic mass is 35.5. The topological polar surface area (TPSA) is 139 Å². The third-order valence-electron chi connectivity index (χ3n) is 6.62. The van der Waals surface area contributed by atoms with Crippen LogP contribution in [0.15, 0.2) is 82.5 Å². The van der Waals surface area contributed by atoms with Crippen LogP contribution in [0.5, 0.6) is 0 Å². The first-order valence-corrected chi connectivity index (χ1v) is 16.0. The lowest BCUT2D eigenvalue weighted by atomic mass is 10.0. The molecular weight excluding hydrogens is 626 g/mol. The zero-order valence-corrected chi connectivity index (χ0v) is 26.0. The van der Waals surface area contributed by atoms with Crippen LogP contribution in [0.2, 0.25) is 0 Å². The van der Waals surface area contributed by atoms with Crippen LogP contribution in [0.3, 0.4) is 0 Å². The monoisotopic (exact) mass is 653 g/mol. The van der Waals surface area contributed by atoms with Crippen molar-refractivity contribution in [3.8, 4) is 0 Å². The van der Waals surface area contributed by atoms with Crippen LogP contribution in [0.1, 0.15) is 36.8 Å². The summed E-state index contributed by atoms with van der Waals surface area (Å²) in [7, 11) is 0. The molecule has 3 amide bonds. The third-order valence-corrected chi connectivity index (χ3v) is 9.05. The quantitative estimate of drug-likeness (QED) is 0.0745. The largest absolute Gasteiger partial charge is 0.448 e. The number of hydrogen-bond acceptors (Lipinski definition) is 10. The zero-order chi connectivity index (χ0) is 31.2. The van der Waals surface area contributed by atoms with Crippen LogP contribution >= 0.6 is 34.7 Å². The number of oxime groups is 1. The average molecular weight is 654 g/mol. The summed E-state index contributed by atoms with van der Waals surface area (Å²) in [5, 5.41) is 10.3. The van der Waals surface area contributed by atoms with Gasteiger partial charge in [-0.3, -0.25) is 19.3 Å². The molecule has 228 valence electrons. The number of ether oxygens (including phenoxy) is 1. The SMILES string of the molecule is CC(C)O/N=C(/C(=O)NC1C(=O)N2C(C(=O)OC(c3ccccc3)c3ccccc3)=C(CCl)CS[C@H]12)c1csc(NC=O)n1. The lowest BCUT2D eigenvalue weighted by Gasteiger charge is -2.49. The Morgan fingerprint density at radius 3 is 2.39 bits per heavy atom. The van der Waals surface area contributed by atoms with Crippen LogP contribution in [0.4, 0.5) is 5.13 Å². The molecule has 3 aromatic rings. The van der Waals surface area contributed by atoms with Crippen LogP contribution in [0.25, 0.3) is 0 Å². The van der Waals surface area contributed by atoms with E-state index < -0.39 is 35.3 Å². The maximum absolute atomic E-state index is 13.8. The molecular formula is C30H28ClN5O6S2. The van der Waals surface area contributed by atoms with E-state index in [1.807, 2.05) is 60.7 Å². The standard InChI is InChI=1S/C30H28ClN5O6S2/c1-17(2)42-35-22(21-15-44-30(33-21)32-16-37)26(38)34-23-27(39)36-24(20(13-31)14-43-28(23)36)29(40)41-25(18-9-5-3-6-10-18)19-11-7-4-8-12-19/h3-12,15-17,23,25,28H,13-14H2,1-2H3,(H,34,38)(H,32,33,37)/b35-22+/t23?,28-/m1/s1. The molecule has 14 heteroatoms. The predicted molar refractivity (Wildman–Crippen MR) is 168 cm³/mol. The summed E-state index contributed by atoms with van der Waals surface area (Å²) in [6.07, 6.45) is -0.577. The number of thioether (sulfide) groups is 1. The summed E-state index contributed by atoms with van der Waals surface area (Å²) in [4.78, 5) is 62.4. The third kappa shape index (κ3) is 6.64. The molecule has 1 aromatic heterocycles. The molecule has 44 heavy (non-hydrogen) atoms. The predicted octanol–water partition coefficient (Wildman–Crippen LogP) is 4.07. The summed E-state index contributed by atoms with van der Waals surface area (Å²) < 4.78 is 6.06. The number of benzene rings is 2. The summed E-state index contributed by atoms with van der Waals surface area (Å²) in [5.74, 6) is -1.49. The van der Waals surface area contributed by atoms with E-state index in [0.29, 0.717) is 17.7 Å². The maximum atomic E-state index is 13.8. The number of hydrogen-bond donors (Lipinski definition) is 2. The van der Waals surface area contributed by atoms with Gasteiger partial charge in [-0.15, -0.1) is 34.7 Å². The second-order valence-electron chi connectivity index (χ2n) is 9.95. The molecule has 0 saturated carbocycles. The second kappa shape index (κ2) is 14.1. The fourth-order valence-corrected chi connectivity index (χ4v) is 6.93. The number of halogens is 1. The summed E-state index contributed by atoms with van der Waals surface area (Å²) in [5.41, 5.74) is 2.18. The molecule has 2 N–H and O–H groups in total. The number of alkyl halides is 1. The van der Waals surface area contributed by atoms with Crippen molar-refractivity contribution in [2.75, 3.05) is 16.9 Å². The van der Waals surface area contributed by atoms with E-state index in [1.165, 1.54) is 22.0 Å². The number of carbonyl (C=O) groups excluding carboxylic acids is 4. The fourth-order valence-electron chi connectivity index (χ4n) is 4.59. The molecule has 2 aliphatic rings. The van der Waals surface area contributed by atoms with Crippen LogP contribution < -0.4 is 10.6 Å². The number of β-lactam (4-membered cyclic amide) rings is 1. The molecule has 3 heterocycles. The molecule has 1 saturated heterocycles. The fraction of sp³-hybridized carbons (Fsp3) is 0.267. The van der Waals surface area contributed by atoms with Gasteiger partial charge in [-0.2, -0.15) is 0 Å². The molecule has 0 radical (unpaired) electrons. The van der Waals surface area contributed by atoms with E-state index in [0.717, 1.165) is 22.5 Å². The first kappa shape index (κ1) is 31.2. The molecule has 2 atom stereocenters. The highest BCUT2D eigenvalue weighted by Gasteiger charge is 2.55. The van der Waals surface area contributed by atoms with E-state index >= 15 is 0 Å². The smallest absolute Gasteiger partial charge is 0.356 e. The van der Waals surface area contributed by atoms with E-state index in [-0.39, 0.29) is 34.2 Å². The maximum Gasteiger partial charge on any atom is 0.356 e. The van der Waals surface area contributed by atoms with E-state index in [9.17, 15) is 19.2 Å². The van der Waals surface area contributed by atoms with Gasteiger partial charge < -0.3 is 20.2 Å². The normalized spacial score (nSPS) is 18.1. The number of carbonyl (C=O) groups is 4. The number of amides is 3. The Bertz CT molecular complexity index is 1560. The van der Waals surface area contributed by atoms with E-state index in [2.05, 4.69) is 20.8 Å². The van der Waals surface area contributed by atoms with Crippen molar-refractivity contribution >= 4 is 69.7 Å². The molecule has 0 aliphatic carbocycles. The van der Waals surface area contributed by atoms with E-state index in [4.69, 9.17) is 21.2 Å². The van der Waals surface area contributed by atoms with Gasteiger partial charge in [0.15, 0.2) is 16.9 Å². The van der Waals surface area contributed by atoms with Crippen LogP contribution in [-0.2, 0) is 28.8 Å². The summed E-state index contributed by atoms with van der Waals surface area (Å²) >= 11 is 8.72. The molecule has 5 rings (SSSR count). The molecule has 11 nitrogen and oxygen atoms in total. The highest BCUT2D eigenvalue weighted by molar-refractivity contribution is 8.00. The number of nitrogens with zero attached hydrogens (tertiary/aromatic N) is 3. The van der Waals surface area contributed by atoms with Crippen molar-refractivity contribution in [3.63, 3.8) is 0 Å². The summed E-state index contributed by atoms with van der Waals surface area (Å²) in [6.45, 7) is 3.49. The first-order valence-electron chi connectivity index (χ1n) is 13.6. The molecule has 1 fully saturated rings. The second-order valence-corrected chi connectivity index (χ2v) is 12.2. The minimum absolute atomic E-state index is 0.0244. The van der Waals surface area contributed by atoms with Crippen molar-refractivity contribution in [3.05, 3.63) is 94.1 Å². The molecule has 0 bridgehead atoms. The van der Waals surface area contributed by atoms with Crippen molar-refractivity contribution in [1.29, 1.82) is 0 Å². The van der Waals surface area contributed by atoms with Gasteiger partial charge in [0.25, 0.3) is 11.8 Å².